The van der Waals surface area contributed by atoms with Crippen LogP contribution in [0.4, 0.5) is 0 Å². The van der Waals surface area contributed by atoms with Gasteiger partial charge in [0.1, 0.15) is 5.75 Å². The van der Waals surface area contributed by atoms with Gasteiger partial charge in [-0.2, -0.15) is 0 Å². The lowest BCUT2D eigenvalue weighted by Crippen LogP contribution is -2.40. The number of aromatic nitrogens is 1. The quantitative estimate of drug-likeness (QED) is 0.615. The number of carbonyl (C=O) groups excluding carboxylic acids is 2. The zero-order valence-corrected chi connectivity index (χ0v) is 19.0. The van der Waals surface area contributed by atoms with Gasteiger partial charge in [0.2, 0.25) is 9.84 Å². The average Bonchev–Trinajstić information content (AvgIpc) is 3.31. The van der Waals surface area contributed by atoms with E-state index in [1.807, 2.05) is 0 Å². The number of ketones is 2. The average molecular weight is 455 g/mol. The third-order valence-corrected chi connectivity index (χ3v) is 8.33. The van der Waals surface area contributed by atoms with Gasteiger partial charge in [0.25, 0.3) is 0 Å². The van der Waals surface area contributed by atoms with Gasteiger partial charge in [-0.05, 0) is 42.5 Å². The molecule has 32 heavy (non-hydrogen) atoms. The van der Waals surface area contributed by atoms with Gasteiger partial charge in [-0.25, -0.2) is 13.4 Å². The number of nitrogens with zero attached hydrogens (tertiary/aromatic N) is 1. The van der Waals surface area contributed by atoms with Crippen molar-refractivity contribution in [1.82, 2.24) is 10.3 Å². The highest BCUT2D eigenvalue weighted by Crippen LogP contribution is 2.36. The third kappa shape index (κ3) is 5.33. The van der Waals surface area contributed by atoms with Crippen LogP contribution >= 0.6 is 0 Å². The standard InChI is InChI=1S/C25H30N2O4S/c28-22(25-21(13-15-27-25)19-6-2-1-3-7-19)16-18-9-11-20(12-10-18)23(29)17-32(30,31)24-8-4-5-14-26-24/h4-5,8-12,14,19,21,25,27H,1-3,6-7,13,15-17H2/t21-,25-/m0/s1. The van der Waals surface area contributed by atoms with Crippen molar-refractivity contribution < 1.29 is 18.0 Å². The fourth-order valence-corrected chi connectivity index (χ4v) is 6.29. The zero-order valence-electron chi connectivity index (χ0n) is 18.2. The van der Waals surface area contributed by atoms with Crippen molar-refractivity contribution in [3.8, 4) is 0 Å². The maximum Gasteiger partial charge on any atom is 0.203 e. The summed E-state index contributed by atoms with van der Waals surface area (Å²) in [4.78, 5) is 29.4. The molecule has 2 aliphatic rings. The van der Waals surface area contributed by atoms with Crippen LogP contribution in [0.3, 0.4) is 0 Å². The maximum absolute atomic E-state index is 13.0. The topological polar surface area (TPSA) is 93.2 Å². The zero-order chi connectivity index (χ0) is 22.6. The Kier molecular flexibility index (Phi) is 7.16. The number of Topliss-reactive ketones (excluding diaryl/α,β-unsaturated/α-hetero) is 2. The van der Waals surface area contributed by atoms with E-state index in [-0.39, 0.29) is 16.9 Å². The summed E-state index contributed by atoms with van der Waals surface area (Å²) in [6, 6.07) is 11.2. The predicted molar refractivity (Wildman–Crippen MR) is 122 cm³/mol. The van der Waals surface area contributed by atoms with Crippen LogP contribution in [0.5, 0.6) is 0 Å². The van der Waals surface area contributed by atoms with Crippen molar-refractivity contribution in [2.24, 2.45) is 11.8 Å². The molecule has 4 rings (SSSR count). The van der Waals surface area contributed by atoms with Gasteiger partial charge in [0.15, 0.2) is 16.6 Å². The molecule has 0 amide bonds. The number of hydrogen-bond donors (Lipinski definition) is 1. The van der Waals surface area contributed by atoms with Crippen molar-refractivity contribution in [3.63, 3.8) is 0 Å². The highest BCUT2D eigenvalue weighted by molar-refractivity contribution is 7.92. The Morgan fingerprint density at radius 1 is 0.969 bits per heavy atom. The number of benzene rings is 1. The smallest absolute Gasteiger partial charge is 0.203 e. The number of carbonyl (C=O) groups is 2. The Morgan fingerprint density at radius 2 is 1.72 bits per heavy atom. The van der Waals surface area contributed by atoms with Crippen molar-refractivity contribution in [2.75, 3.05) is 12.3 Å². The molecule has 1 aromatic carbocycles. The summed E-state index contributed by atoms with van der Waals surface area (Å²) in [6.07, 6.45) is 9.09. The highest BCUT2D eigenvalue weighted by Gasteiger charge is 2.37. The molecule has 0 bridgehead atoms. The molecule has 1 saturated heterocycles. The molecule has 6 nitrogen and oxygen atoms in total. The van der Waals surface area contributed by atoms with E-state index in [1.54, 1.807) is 36.4 Å². The fourth-order valence-electron chi connectivity index (χ4n) is 5.13. The van der Waals surface area contributed by atoms with Crippen LogP contribution in [0.15, 0.2) is 53.7 Å². The van der Waals surface area contributed by atoms with Gasteiger partial charge in [-0.1, -0.05) is 62.4 Å². The van der Waals surface area contributed by atoms with Crippen molar-refractivity contribution in [3.05, 3.63) is 59.8 Å². The lowest BCUT2D eigenvalue weighted by Gasteiger charge is -2.30. The van der Waals surface area contributed by atoms with E-state index in [9.17, 15) is 18.0 Å². The number of rotatable bonds is 8. The molecule has 1 aliphatic heterocycles. The molecule has 0 unspecified atom stereocenters. The molecule has 2 atom stereocenters. The van der Waals surface area contributed by atoms with Crippen molar-refractivity contribution in [2.45, 2.75) is 56.0 Å². The fraction of sp³-hybridized carbons (Fsp3) is 0.480. The summed E-state index contributed by atoms with van der Waals surface area (Å²) in [6.45, 7) is 0.899. The molecule has 0 spiro atoms. The Labute approximate surface area is 189 Å². The SMILES string of the molecule is O=C(CS(=O)(=O)c1ccccn1)c1ccc(CC(=O)[C@H]2NCC[C@H]2C2CCCCC2)cc1. The van der Waals surface area contributed by atoms with Crippen molar-refractivity contribution in [1.29, 1.82) is 0 Å². The number of nitrogens with one attached hydrogen (secondary N) is 1. The molecule has 2 aromatic rings. The van der Waals surface area contributed by atoms with E-state index in [0.717, 1.165) is 18.5 Å². The lowest BCUT2D eigenvalue weighted by molar-refractivity contribution is -0.121. The highest BCUT2D eigenvalue weighted by atomic mass is 32.2. The molecule has 2 fully saturated rings. The number of sulfone groups is 1. The first-order valence-corrected chi connectivity index (χ1v) is 13.1. The second kappa shape index (κ2) is 10.0. The largest absolute Gasteiger partial charge is 0.307 e. The molecule has 0 radical (unpaired) electrons. The van der Waals surface area contributed by atoms with Crippen LogP contribution in [0.1, 0.15) is 54.4 Å². The Hall–Kier alpha value is -2.38. The molecule has 1 aliphatic carbocycles. The van der Waals surface area contributed by atoms with Crippen LogP contribution in [0.25, 0.3) is 0 Å². The van der Waals surface area contributed by atoms with Gasteiger partial charge in [0.05, 0.1) is 6.04 Å². The molecular weight excluding hydrogens is 424 g/mol. The van der Waals surface area contributed by atoms with E-state index in [4.69, 9.17) is 0 Å². The first-order chi connectivity index (χ1) is 15.4. The van der Waals surface area contributed by atoms with E-state index >= 15 is 0 Å². The minimum atomic E-state index is -3.79. The monoisotopic (exact) mass is 454 g/mol. The summed E-state index contributed by atoms with van der Waals surface area (Å²) in [5.74, 6) is 0.171. The minimum absolute atomic E-state index is 0.0806. The number of pyridine rings is 1. The van der Waals surface area contributed by atoms with E-state index < -0.39 is 21.4 Å². The maximum atomic E-state index is 13.0. The molecular formula is C25H30N2O4S. The summed E-state index contributed by atoms with van der Waals surface area (Å²) < 4.78 is 24.8. The van der Waals surface area contributed by atoms with Crippen molar-refractivity contribution >= 4 is 21.4 Å². The van der Waals surface area contributed by atoms with Crippen LogP contribution in [0.2, 0.25) is 0 Å². The van der Waals surface area contributed by atoms with Crippen LogP contribution in [0, 0.1) is 11.8 Å². The second-order valence-electron chi connectivity index (χ2n) is 8.97. The molecule has 170 valence electrons. The normalized spacial score (nSPS) is 22.0. The minimum Gasteiger partial charge on any atom is -0.307 e. The van der Waals surface area contributed by atoms with Crippen LogP contribution in [-0.2, 0) is 21.1 Å². The van der Waals surface area contributed by atoms with Gasteiger partial charge < -0.3 is 5.32 Å². The molecule has 7 heteroatoms. The van der Waals surface area contributed by atoms with E-state index in [2.05, 4.69) is 10.3 Å². The number of hydrogen-bond acceptors (Lipinski definition) is 6. The molecule has 1 N–H and O–H groups in total. The first-order valence-electron chi connectivity index (χ1n) is 11.5. The summed E-state index contributed by atoms with van der Waals surface area (Å²) in [5.41, 5.74) is 1.16. The lowest BCUT2D eigenvalue weighted by atomic mass is 9.75. The van der Waals surface area contributed by atoms with E-state index in [1.165, 1.54) is 44.4 Å². The van der Waals surface area contributed by atoms with Gasteiger partial charge in [0, 0.05) is 18.2 Å². The summed E-state index contributed by atoms with van der Waals surface area (Å²) in [7, 11) is -3.79. The molecule has 2 heterocycles. The van der Waals surface area contributed by atoms with Crippen LogP contribution in [-0.4, -0.2) is 43.3 Å². The Morgan fingerprint density at radius 3 is 2.41 bits per heavy atom. The van der Waals surface area contributed by atoms with Gasteiger partial charge >= 0.3 is 0 Å². The second-order valence-corrected chi connectivity index (χ2v) is 10.9. The Bertz CT molecular complexity index is 1050. The van der Waals surface area contributed by atoms with E-state index in [0.29, 0.717) is 23.8 Å². The predicted octanol–water partition coefficient (Wildman–Crippen LogP) is 3.41. The Balaban J connectivity index is 1.37. The van der Waals surface area contributed by atoms with Crippen LogP contribution < -0.4 is 5.32 Å². The third-order valence-electron chi connectivity index (χ3n) is 6.80. The first kappa shape index (κ1) is 22.8. The molecule has 1 aromatic heterocycles. The molecule has 1 saturated carbocycles. The van der Waals surface area contributed by atoms with Gasteiger partial charge in [-0.15, -0.1) is 0 Å². The summed E-state index contributed by atoms with van der Waals surface area (Å²) in [5, 5.41) is 3.31. The summed E-state index contributed by atoms with van der Waals surface area (Å²) >= 11 is 0. The van der Waals surface area contributed by atoms with Gasteiger partial charge in [-0.3, -0.25) is 9.59 Å².